The van der Waals surface area contributed by atoms with Gasteiger partial charge in [0.15, 0.2) is 6.79 Å². The van der Waals surface area contributed by atoms with Gasteiger partial charge in [-0.15, -0.1) is 0 Å². The summed E-state index contributed by atoms with van der Waals surface area (Å²) in [5, 5.41) is 0.787. The van der Waals surface area contributed by atoms with Gasteiger partial charge >= 0.3 is 0 Å². The lowest BCUT2D eigenvalue weighted by Gasteiger charge is -2.41. The van der Waals surface area contributed by atoms with E-state index in [9.17, 15) is 0 Å². The van der Waals surface area contributed by atoms with E-state index in [1.165, 1.54) is 50.8 Å². The molecule has 0 N–H and O–H groups in total. The van der Waals surface area contributed by atoms with Crippen LogP contribution < -0.4 is 4.74 Å². The Hall–Kier alpha value is -0.770. The molecule has 4 heteroatoms. The third kappa shape index (κ3) is 2.99. The Labute approximate surface area is 137 Å². The van der Waals surface area contributed by atoms with E-state index >= 15 is 0 Å². The van der Waals surface area contributed by atoms with Crippen LogP contribution in [-0.4, -0.2) is 24.8 Å². The summed E-state index contributed by atoms with van der Waals surface area (Å²) in [7, 11) is 0. The molecule has 22 heavy (non-hydrogen) atoms. The quantitative estimate of drug-likeness (QED) is 0.814. The SMILES string of the molecule is Clc1cc2c(c(CN3CC[C@@H]4CCCC[C@@H]4C3)c1)OCOC2. The summed E-state index contributed by atoms with van der Waals surface area (Å²) in [6.45, 7) is 4.35. The highest BCUT2D eigenvalue weighted by Crippen LogP contribution is 2.38. The van der Waals surface area contributed by atoms with Crippen LogP contribution in [0.1, 0.15) is 43.2 Å². The highest BCUT2D eigenvalue weighted by molar-refractivity contribution is 6.30. The number of hydrogen-bond donors (Lipinski definition) is 0. The fourth-order valence-electron chi connectivity index (χ4n) is 4.43. The van der Waals surface area contributed by atoms with E-state index in [-0.39, 0.29) is 0 Å². The monoisotopic (exact) mass is 321 g/mol. The van der Waals surface area contributed by atoms with E-state index in [1.54, 1.807) is 0 Å². The molecule has 2 aliphatic heterocycles. The summed E-state index contributed by atoms with van der Waals surface area (Å²) >= 11 is 6.28. The Kier molecular flexibility index (Phi) is 4.29. The number of piperidine rings is 1. The lowest BCUT2D eigenvalue weighted by atomic mass is 9.75. The second kappa shape index (κ2) is 6.38. The molecule has 0 bridgehead atoms. The molecule has 0 radical (unpaired) electrons. The second-order valence-electron chi connectivity index (χ2n) is 6.99. The van der Waals surface area contributed by atoms with Gasteiger partial charge in [-0.3, -0.25) is 4.90 Å². The topological polar surface area (TPSA) is 21.7 Å². The first-order valence-electron chi connectivity index (χ1n) is 8.54. The smallest absolute Gasteiger partial charge is 0.189 e. The van der Waals surface area contributed by atoms with Crippen molar-refractivity contribution in [1.82, 2.24) is 4.90 Å². The zero-order chi connectivity index (χ0) is 14.9. The maximum atomic E-state index is 6.28. The Morgan fingerprint density at radius 1 is 1.14 bits per heavy atom. The first-order chi connectivity index (χ1) is 10.8. The number of rotatable bonds is 2. The molecule has 1 aromatic rings. The first kappa shape index (κ1) is 14.8. The first-order valence-corrected chi connectivity index (χ1v) is 8.91. The van der Waals surface area contributed by atoms with Crippen LogP contribution in [0.3, 0.4) is 0 Å². The van der Waals surface area contributed by atoms with Crippen molar-refractivity contribution in [3.05, 3.63) is 28.3 Å². The predicted octanol–water partition coefficient (Wildman–Crippen LogP) is 4.22. The van der Waals surface area contributed by atoms with Gasteiger partial charge in [0.1, 0.15) is 5.75 Å². The van der Waals surface area contributed by atoms with Crippen molar-refractivity contribution in [1.29, 1.82) is 0 Å². The van der Waals surface area contributed by atoms with Crippen LogP contribution in [-0.2, 0) is 17.9 Å². The lowest BCUT2D eigenvalue weighted by molar-refractivity contribution is -0.0178. The molecular weight excluding hydrogens is 298 g/mol. The Morgan fingerprint density at radius 3 is 2.91 bits per heavy atom. The number of nitrogens with zero attached hydrogens (tertiary/aromatic N) is 1. The Bertz CT molecular complexity index is 548. The molecule has 2 atom stereocenters. The molecule has 2 fully saturated rings. The highest BCUT2D eigenvalue weighted by Gasteiger charge is 2.31. The van der Waals surface area contributed by atoms with Crippen LogP contribution in [0.25, 0.3) is 0 Å². The maximum absolute atomic E-state index is 6.28. The van der Waals surface area contributed by atoms with Crippen molar-refractivity contribution in [3.8, 4) is 5.75 Å². The number of fused-ring (bicyclic) bond motifs is 2. The van der Waals surface area contributed by atoms with E-state index in [0.717, 1.165) is 34.7 Å². The van der Waals surface area contributed by atoms with Crippen molar-refractivity contribution in [3.63, 3.8) is 0 Å². The minimum absolute atomic E-state index is 0.354. The molecule has 3 aliphatic rings. The molecule has 2 heterocycles. The lowest BCUT2D eigenvalue weighted by Crippen LogP contribution is -2.41. The zero-order valence-corrected chi connectivity index (χ0v) is 13.8. The third-order valence-electron chi connectivity index (χ3n) is 5.52. The summed E-state index contributed by atoms with van der Waals surface area (Å²) < 4.78 is 11.1. The van der Waals surface area contributed by atoms with Crippen molar-refractivity contribution < 1.29 is 9.47 Å². The molecule has 4 rings (SSSR count). The summed E-state index contributed by atoms with van der Waals surface area (Å²) in [5.41, 5.74) is 2.31. The molecule has 3 nitrogen and oxygen atoms in total. The van der Waals surface area contributed by atoms with Gasteiger partial charge in [0.25, 0.3) is 0 Å². The summed E-state index contributed by atoms with van der Waals surface area (Å²) in [6, 6.07) is 4.03. The van der Waals surface area contributed by atoms with E-state index in [0.29, 0.717) is 13.4 Å². The molecule has 1 aliphatic carbocycles. The van der Waals surface area contributed by atoms with Crippen LogP contribution in [0.15, 0.2) is 12.1 Å². The van der Waals surface area contributed by atoms with E-state index in [4.69, 9.17) is 21.1 Å². The summed E-state index contributed by atoms with van der Waals surface area (Å²) in [4.78, 5) is 2.59. The molecule has 0 aromatic heterocycles. The molecule has 1 saturated carbocycles. The average Bonchev–Trinajstić information content (AvgIpc) is 2.54. The number of hydrogen-bond acceptors (Lipinski definition) is 3. The van der Waals surface area contributed by atoms with Crippen LogP contribution in [0.4, 0.5) is 0 Å². The normalized spacial score (nSPS) is 28.6. The number of halogens is 1. The van der Waals surface area contributed by atoms with Crippen LogP contribution in [0.2, 0.25) is 5.02 Å². The molecule has 0 amide bonds. The molecule has 0 unspecified atom stereocenters. The minimum atomic E-state index is 0.354. The van der Waals surface area contributed by atoms with E-state index in [2.05, 4.69) is 11.0 Å². The number of likely N-dealkylation sites (tertiary alicyclic amines) is 1. The van der Waals surface area contributed by atoms with Gasteiger partial charge in [-0.2, -0.15) is 0 Å². The third-order valence-corrected chi connectivity index (χ3v) is 5.74. The van der Waals surface area contributed by atoms with Crippen molar-refractivity contribution in [2.75, 3.05) is 19.9 Å². The van der Waals surface area contributed by atoms with Gasteiger partial charge in [0.2, 0.25) is 0 Å². The summed E-state index contributed by atoms with van der Waals surface area (Å²) in [6.07, 6.45) is 7.08. The van der Waals surface area contributed by atoms with Gasteiger partial charge in [-0.1, -0.05) is 30.9 Å². The van der Waals surface area contributed by atoms with Crippen LogP contribution >= 0.6 is 11.6 Å². The second-order valence-corrected chi connectivity index (χ2v) is 7.43. The molecular formula is C18H24ClNO2. The molecule has 0 spiro atoms. The highest BCUT2D eigenvalue weighted by atomic mass is 35.5. The van der Waals surface area contributed by atoms with Gasteiger partial charge < -0.3 is 9.47 Å². The van der Waals surface area contributed by atoms with Crippen molar-refractivity contribution in [2.45, 2.75) is 45.3 Å². The van der Waals surface area contributed by atoms with E-state index < -0.39 is 0 Å². The van der Waals surface area contributed by atoms with Crippen molar-refractivity contribution >= 4 is 11.6 Å². The summed E-state index contributed by atoms with van der Waals surface area (Å²) in [5.74, 6) is 2.88. The standard InChI is InChI=1S/C18H24ClNO2/c19-17-7-15(18-16(8-17)11-21-12-22-18)10-20-6-5-13-3-1-2-4-14(13)9-20/h7-8,13-14H,1-6,9-12H2/t13-,14+/m0/s1. The van der Waals surface area contributed by atoms with Gasteiger partial charge in [-0.05, 0) is 43.4 Å². The predicted molar refractivity (Wildman–Crippen MR) is 87.1 cm³/mol. The molecule has 1 saturated heterocycles. The van der Waals surface area contributed by atoms with Crippen molar-refractivity contribution in [2.24, 2.45) is 11.8 Å². The fraction of sp³-hybridized carbons (Fsp3) is 0.667. The molecule has 120 valence electrons. The maximum Gasteiger partial charge on any atom is 0.189 e. The Morgan fingerprint density at radius 2 is 2.00 bits per heavy atom. The Balaban J connectivity index is 1.50. The average molecular weight is 322 g/mol. The number of benzene rings is 1. The number of ether oxygens (including phenoxy) is 2. The van der Waals surface area contributed by atoms with Gasteiger partial charge in [-0.25, -0.2) is 0 Å². The minimum Gasteiger partial charge on any atom is -0.467 e. The zero-order valence-electron chi connectivity index (χ0n) is 13.0. The van der Waals surface area contributed by atoms with Crippen LogP contribution in [0.5, 0.6) is 5.75 Å². The van der Waals surface area contributed by atoms with Gasteiger partial charge in [0, 0.05) is 29.2 Å². The van der Waals surface area contributed by atoms with E-state index in [1.807, 2.05) is 6.07 Å². The molecule has 1 aromatic carbocycles. The fourth-order valence-corrected chi connectivity index (χ4v) is 4.70. The largest absolute Gasteiger partial charge is 0.467 e. The van der Waals surface area contributed by atoms with Gasteiger partial charge in [0.05, 0.1) is 6.61 Å². The van der Waals surface area contributed by atoms with Crippen LogP contribution in [0, 0.1) is 11.8 Å².